The van der Waals surface area contributed by atoms with Gasteiger partial charge in [0.2, 0.25) is 0 Å². The van der Waals surface area contributed by atoms with E-state index >= 15 is 0 Å². The molecule has 0 saturated heterocycles. The van der Waals surface area contributed by atoms with Crippen LogP contribution >= 0.6 is 15.9 Å². The Hall–Kier alpha value is -1.37. The summed E-state index contributed by atoms with van der Waals surface area (Å²) in [6.45, 7) is 1.55. The van der Waals surface area contributed by atoms with Crippen molar-refractivity contribution in [3.05, 3.63) is 33.6 Å². The second-order valence-corrected chi connectivity index (χ2v) is 4.10. The fourth-order valence-electron chi connectivity index (χ4n) is 1.25. The van der Waals surface area contributed by atoms with E-state index in [2.05, 4.69) is 20.7 Å². The third kappa shape index (κ3) is 3.10. The minimum atomic E-state index is -1.63. The lowest BCUT2D eigenvalue weighted by Crippen LogP contribution is -2.15. The van der Waals surface area contributed by atoms with Crippen molar-refractivity contribution in [3.63, 3.8) is 0 Å². The van der Waals surface area contributed by atoms with Crippen LogP contribution in [0.3, 0.4) is 0 Å². The number of ether oxygens (including phenoxy) is 1. The molecule has 0 spiro atoms. The third-order valence-electron chi connectivity index (χ3n) is 2.00. The first kappa shape index (κ1) is 14.7. The standard InChI is InChI=1S/C11H8BrF3O3/c1-2-18-8(17)4-7(16)9-6(13)3-5(12)10(14)11(9)15/h3H,2,4H2,1H3. The van der Waals surface area contributed by atoms with Gasteiger partial charge in [0.25, 0.3) is 0 Å². The van der Waals surface area contributed by atoms with Crippen LogP contribution in [-0.2, 0) is 9.53 Å². The molecule has 7 heteroatoms. The van der Waals surface area contributed by atoms with Gasteiger partial charge in [-0.05, 0) is 28.9 Å². The third-order valence-corrected chi connectivity index (χ3v) is 2.58. The Morgan fingerprint density at radius 1 is 1.28 bits per heavy atom. The molecule has 0 bridgehead atoms. The Morgan fingerprint density at radius 3 is 2.44 bits per heavy atom. The number of esters is 1. The van der Waals surface area contributed by atoms with Crippen LogP contribution in [0.15, 0.2) is 10.5 Å². The maximum absolute atomic E-state index is 13.4. The molecule has 0 saturated carbocycles. The van der Waals surface area contributed by atoms with Gasteiger partial charge in [-0.15, -0.1) is 0 Å². The van der Waals surface area contributed by atoms with E-state index in [0.29, 0.717) is 6.07 Å². The zero-order valence-corrected chi connectivity index (χ0v) is 10.8. The molecule has 0 atom stereocenters. The van der Waals surface area contributed by atoms with Crippen LogP contribution in [0.5, 0.6) is 0 Å². The number of hydrogen-bond acceptors (Lipinski definition) is 3. The summed E-state index contributed by atoms with van der Waals surface area (Å²) in [5, 5.41) is 0. The van der Waals surface area contributed by atoms with Crippen molar-refractivity contribution in [3.8, 4) is 0 Å². The van der Waals surface area contributed by atoms with Gasteiger partial charge in [-0.1, -0.05) is 0 Å². The molecule has 0 amide bonds. The molecule has 98 valence electrons. The first-order chi connectivity index (χ1) is 8.38. The zero-order chi connectivity index (χ0) is 13.9. The van der Waals surface area contributed by atoms with E-state index in [1.54, 1.807) is 0 Å². The van der Waals surface area contributed by atoms with Crippen LogP contribution in [0, 0.1) is 17.5 Å². The summed E-state index contributed by atoms with van der Waals surface area (Å²) in [7, 11) is 0. The second kappa shape index (κ2) is 5.99. The molecular weight excluding hydrogens is 317 g/mol. The van der Waals surface area contributed by atoms with E-state index in [9.17, 15) is 22.8 Å². The number of halogens is 4. The van der Waals surface area contributed by atoms with Crippen LogP contribution in [0.1, 0.15) is 23.7 Å². The summed E-state index contributed by atoms with van der Waals surface area (Å²) in [5.41, 5.74) is -1.08. The number of Topliss-reactive ketones (excluding diaryl/α,β-unsaturated/α-hetero) is 1. The maximum atomic E-state index is 13.4. The molecule has 0 N–H and O–H groups in total. The maximum Gasteiger partial charge on any atom is 0.313 e. The predicted octanol–water partition coefficient (Wildman–Crippen LogP) is 3.00. The highest BCUT2D eigenvalue weighted by Crippen LogP contribution is 2.25. The molecule has 1 aromatic rings. The average molecular weight is 325 g/mol. The van der Waals surface area contributed by atoms with E-state index in [1.807, 2.05) is 0 Å². The molecule has 0 heterocycles. The van der Waals surface area contributed by atoms with Crippen molar-refractivity contribution in [2.24, 2.45) is 0 Å². The average Bonchev–Trinajstić information content (AvgIpc) is 2.26. The van der Waals surface area contributed by atoms with Gasteiger partial charge in [-0.2, -0.15) is 0 Å². The van der Waals surface area contributed by atoms with Crippen molar-refractivity contribution in [2.75, 3.05) is 6.61 Å². The van der Waals surface area contributed by atoms with Crippen molar-refractivity contribution >= 4 is 27.7 Å². The summed E-state index contributed by atoms with van der Waals surface area (Å²) in [6.07, 6.45) is -0.844. The van der Waals surface area contributed by atoms with E-state index in [0.717, 1.165) is 0 Å². The SMILES string of the molecule is CCOC(=O)CC(=O)c1c(F)cc(Br)c(F)c1F. The van der Waals surface area contributed by atoms with Crippen molar-refractivity contribution < 1.29 is 27.5 Å². The monoisotopic (exact) mass is 324 g/mol. The van der Waals surface area contributed by atoms with Gasteiger partial charge in [0, 0.05) is 0 Å². The summed E-state index contributed by atoms with van der Waals surface area (Å²) in [4.78, 5) is 22.5. The molecule has 0 aliphatic heterocycles. The number of benzene rings is 1. The fraction of sp³-hybridized carbons (Fsp3) is 0.273. The Bertz CT molecular complexity index is 503. The fourth-order valence-corrected chi connectivity index (χ4v) is 1.63. The van der Waals surface area contributed by atoms with Crippen molar-refractivity contribution in [1.82, 2.24) is 0 Å². The summed E-state index contributed by atoms with van der Waals surface area (Å²) in [6, 6.07) is 0.622. The minimum absolute atomic E-state index is 0.0335. The minimum Gasteiger partial charge on any atom is -0.466 e. The Balaban J connectivity index is 3.07. The van der Waals surface area contributed by atoms with E-state index in [4.69, 9.17) is 0 Å². The Kier molecular flexibility index (Phi) is 4.89. The number of ketones is 1. The molecule has 0 unspecified atom stereocenters. The Labute approximate surface area is 109 Å². The van der Waals surface area contributed by atoms with E-state index in [1.165, 1.54) is 6.92 Å². The number of carbonyl (C=O) groups excluding carboxylic acids is 2. The molecule has 1 rings (SSSR count). The van der Waals surface area contributed by atoms with Gasteiger partial charge in [-0.3, -0.25) is 9.59 Å². The summed E-state index contributed by atoms with van der Waals surface area (Å²) in [5.74, 6) is -6.35. The van der Waals surface area contributed by atoms with Crippen LogP contribution < -0.4 is 0 Å². The molecule has 0 fully saturated rings. The highest BCUT2D eigenvalue weighted by atomic mass is 79.9. The van der Waals surface area contributed by atoms with Crippen LogP contribution in [0.25, 0.3) is 0 Å². The second-order valence-electron chi connectivity index (χ2n) is 3.25. The quantitative estimate of drug-likeness (QED) is 0.281. The largest absolute Gasteiger partial charge is 0.466 e. The summed E-state index contributed by atoms with van der Waals surface area (Å²) < 4.78 is 43.9. The highest BCUT2D eigenvalue weighted by molar-refractivity contribution is 9.10. The lowest BCUT2D eigenvalue weighted by Gasteiger charge is -2.06. The topological polar surface area (TPSA) is 43.4 Å². The normalized spacial score (nSPS) is 10.3. The van der Waals surface area contributed by atoms with Gasteiger partial charge in [0.05, 0.1) is 16.6 Å². The number of carbonyl (C=O) groups is 2. The molecule has 0 aliphatic rings. The van der Waals surface area contributed by atoms with Crippen molar-refractivity contribution in [2.45, 2.75) is 13.3 Å². The number of hydrogen-bond donors (Lipinski definition) is 0. The van der Waals surface area contributed by atoms with Gasteiger partial charge in [0.1, 0.15) is 12.2 Å². The lowest BCUT2D eigenvalue weighted by molar-refractivity contribution is -0.141. The van der Waals surface area contributed by atoms with E-state index < -0.39 is 45.7 Å². The molecule has 1 aromatic carbocycles. The smallest absolute Gasteiger partial charge is 0.313 e. The van der Waals surface area contributed by atoms with Gasteiger partial charge < -0.3 is 4.74 Å². The highest BCUT2D eigenvalue weighted by Gasteiger charge is 2.25. The Morgan fingerprint density at radius 2 is 1.89 bits per heavy atom. The van der Waals surface area contributed by atoms with Gasteiger partial charge in [-0.25, -0.2) is 13.2 Å². The first-order valence-corrected chi connectivity index (χ1v) is 5.69. The van der Waals surface area contributed by atoms with Crippen molar-refractivity contribution in [1.29, 1.82) is 0 Å². The number of rotatable bonds is 4. The molecule has 0 aromatic heterocycles. The molecular formula is C11H8BrF3O3. The molecule has 0 radical (unpaired) electrons. The predicted molar refractivity (Wildman–Crippen MR) is 59.6 cm³/mol. The van der Waals surface area contributed by atoms with Gasteiger partial charge >= 0.3 is 5.97 Å². The van der Waals surface area contributed by atoms with Crippen LogP contribution in [0.4, 0.5) is 13.2 Å². The molecule has 0 aliphatic carbocycles. The zero-order valence-electron chi connectivity index (χ0n) is 9.23. The van der Waals surface area contributed by atoms with Crippen LogP contribution in [0.2, 0.25) is 0 Å². The lowest BCUT2D eigenvalue weighted by atomic mass is 10.1. The first-order valence-electron chi connectivity index (χ1n) is 4.90. The molecule has 18 heavy (non-hydrogen) atoms. The van der Waals surface area contributed by atoms with Crippen LogP contribution in [-0.4, -0.2) is 18.4 Å². The van der Waals surface area contributed by atoms with E-state index in [-0.39, 0.29) is 6.61 Å². The summed E-state index contributed by atoms with van der Waals surface area (Å²) >= 11 is 2.60. The molecule has 3 nitrogen and oxygen atoms in total. The van der Waals surface area contributed by atoms with Gasteiger partial charge in [0.15, 0.2) is 17.4 Å².